The van der Waals surface area contributed by atoms with E-state index in [0.717, 1.165) is 25.5 Å². The zero-order chi connectivity index (χ0) is 14.1. The minimum Gasteiger partial charge on any atom is -0.379 e. The van der Waals surface area contributed by atoms with Crippen LogP contribution in [0.2, 0.25) is 5.02 Å². The highest BCUT2D eigenvalue weighted by molar-refractivity contribution is 6.30. The molecule has 2 aromatic rings. The first-order valence-corrected chi connectivity index (χ1v) is 7.01. The topological polar surface area (TPSA) is 46.8 Å². The van der Waals surface area contributed by atoms with Crippen LogP contribution in [0, 0.1) is 0 Å². The second-order valence-corrected chi connectivity index (χ2v) is 5.49. The van der Waals surface area contributed by atoms with E-state index in [0.29, 0.717) is 23.3 Å². The van der Waals surface area contributed by atoms with Gasteiger partial charge in [-0.15, -0.1) is 0 Å². The van der Waals surface area contributed by atoms with Crippen molar-refractivity contribution in [2.24, 2.45) is 0 Å². The second kappa shape index (κ2) is 5.52. The normalized spacial score (nSPS) is 20.4. The van der Waals surface area contributed by atoms with Crippen molar-refractivity contribution >= 4 is 17.2 Å². The van der Waals surface area contributed by atoms with Crippen LogP contribution in [0.1, 0.15) is 12.6 Å². The third-order valence-electron chi connectivity index (χ3n) is 3.55. The van der Waals surface area contributed by atoms with Crippen LogP contribution >= 0.6 is 11.6 Å². The van der Waals surface area contributed by atoms with Crippen LogP contribution in [0.3, 0.4) is 0 Å². The van der Waals surface area contributed by atoms with Gasteiger partial charge in [-0.2, -0.15) is 0 Å². The first kappa shape index (κ1) is 13.5. The minimum absolute atomic E-state index is 0.103. The Morgan fingerprint density at radius 3 is 3.15 bits per heavy atom. The van der Waals surface area contributed by atoms with E-state index in [2.05, 4.69) is 16.8 Å². The summed E-state index contributed by atoms with van der Waals surface area (Å²) in [6, 6.07) is 5.42. The third-order valence-corrected chi connectivity index (χ3v) is 3.77. The number of morpholine rings is 1. The number of halogens is 1. The standard InChI is InChI=1S/C14H16ClN3O2/c1-10-9-20-5-4-17(10)8-12-6-14(19)18-7-11(15)2-3-13(18)16-12/h2-3,6-7,10H,4-5,8-9H2,1H3. The molecule has 3 rings (SSSR count). The molecule has 0 aliphatic carbocycles. The quantitative estimate of drug-likeness (QED) is 0.843. The largest absolute Gasteiger partial charge is 0.379 e. The van der Waals surface area contributed by atoms with Crippen molar-refractivity contribution < 1.29 is 4.74 Å². The second-order valence-electron chi connectivity index (χ2n) is 5.06. The zero-order valence-corrected chi connectivity index (χ0v) is 12.0. The Balaban J connectivity index is 1.92. The molecule has 2 aromatic heterocycles. The molecule has 3 heterocycles. The van der Waals surface area contributed by atoms with Crippen molar-refractivity contribution in [1.82, 2.24) is 14.3 Å². The smallest absolute Gasteiger partial charge is 0.258 e. The fourth-order valence-corrected chi connectivity index (χ4v) is 2.57. The Bertz CT molecular complexity index is 686. The highest BCUT2D eigenvalue weighted by Gasteiger charge is 2.19. The molecule has 0 amide bonds. The van der Waals surface area contributed by atoms with E-state index < -0.39 is 0 Å². The van der Waals surface area contributed by atoms with Crippen molar-refractivity contribution in [3.8, 4) is 0 Å². The molecule has 1 saturated heterocycles. The SMILES string of the molecule is CC1COCCN1Cc1cc(=O)n2cc(Cl)ccc2n1. The lowest BCUT2D eigenvalue weighted by Crippen LogP contribution is -2.43. The first-order chi connectivity index (χ1) is 9.63. The molecule has 0 bridgehead atoms. The van der Waals surface area contributed by atoms with Gasteiger partial charge in [0.15, 0.2) is 0 Å². The summed E-state index contributed by atoms with van der Waals surface area (Å²) in [5, 5.41) is 0.524. The molecule has 1 fully saturated rings. The van der Waals surface area contributed by atoms with Crippen molar-refractivity contribution in [2.75, 3.05) is 19.8 Å². The van der Waals surface area contributed by atoms with Crippen molar-refractivity contribution in [1.29, 1.82) is 0 Å². The van der Waals surface area contributed by atoms with E-state index in [-0.39, 0.29) is 5.56 Å². The van der Waals surface area contributed by atoms with Gasteiger partial charge in [-0.05, 0) is 19.1 Å². The molecule has 0 saturated carbocycles. The number of pyridine rings is 1. The maximum absolute atomic E-state index is 12.1. The third kappa shape index (κ3) is 2.70. The number of ether oxygens (including phenoxy) is 1. The van der Waals surface area contributed by atoms with Crippen molar-refractivity contribution in [2.45, 2.75) is 19.5 Å². The van der Waals surface area contributed by atoms with E-state index >= 15 is 0 Å². The van der Waals surface area contributed by atoms with Gasteiger partial charge in [0.05, 0.1) is 23.9 Å². The van der Waals surface area contributed by atoms with Crippen molar-refractivity contribution in [3.05, 3.63) is 45.5 Å². The van der Waals surface area contributed by atoms with Gasteiger partial charge in [-0.3, -0.25) is 14.1 Å². The Kier molecular flexibility index (Phi) is 3.74. The Hall–Kier alpha value is -1.43. The predicted molar refractivity (Wildman–Crippen MR) is 77.2 cm³/mol. The fourth-order valence-electron chi connectivity index (χ4n) is 2.41. The molecule has 1 aliphatic heterocycles. The summed E-state index contributed by atoms with van der Waals surface area (Å²) in [5.41, 5.74) is 1.30. The predicted octanol–water partition coefficient (Wildman–Crippen LogP) is 1.57. The van der Waals surface area contributed by atoms with Crippen LogP contribution in [-0.2, 0) is 11.3 Å². The van der Waals surface area contributed by atoms with E-state index in [1.807, 2.05) is 0 Å². The highest BCUT2D eigenvalue weighted by Crippen LogP contribution is 2.12. The molecule has 0 radical (unpaired) electrons. The summed E-state index contributed by atoms with van der Waals surface area (Å²) in [7, 11) is 0. The lowest BCUT2D eigenvalue weighted by molar-refractivity contribution is -0.00490. The number of rotatable bonds is 2. The van der Waals surface area contributed by atoms with Gasteiger partial charge in [0.25, 0.3) is 5.56 Å². The fraction of sp³-hybridized carbons (Fsp3) is 0.429. The minimum atomic E-state index is -0.103. The van der Waals surface area contributed by atoms with Gasteiger partial charge >= 0.3 is 0 Å². The van der Waals surface area contributed by atoms with E-state index in [9.17, 15) is 4.79 Å². The number of fused-ring (bicyclic) bond motifs is 1. The van der Waals surface area contributed by atoms with Crippen LogP contribution in [0.5, 0.6) is 0 Å². The molecular weight excluding hydrogens is 278 g/mol. The van der Waals surface area contributed by atoms with Gasteiger partial charge in [-0.1, -0.05) is 11.6 Å². The average Bonchev–Trinajstić information content (AvgIpc) is 2.42. The lowest BCUT2D eigenvalue weighted by Gasteiger charge is -2.32. The van der Waals surface area contributed by atoms with Crippen LogP contribution in [0.15, 0.2) is 29.2 Å². The summed E-state index contributed by atoms with van der Waals surface area (Å²) in [6.07, 6.45) is 1.59. The molecule has 1 unspecified atom stereocenters. The summed E-state index contributed by atoms with van der Waals surface area (Å²) in [5.74, 6) is 0. The van der Waals surface area contributed by atoms with Crippen LogP contribution in [-0.4, -0.2) is 40.1 Å². The monoisotopic (exact) mass is 293 g/mol. The number of nitrogens with zero attached hydrogens (tertiary/aromatic N) is 3. The molecule has 106 valence electrons. The number of aromatic nitrogens is 2. The lowest BCUT2D eigenvalue weighted by atomic mass is 10.2. The first-order valence-electron chi connectivity index (χ1n) is 6.63. The molecular formula is C14H16ClN3O2. The van der Waals surface area contributed by atoms with Gasteiger partial charge in [-0.25, -0.2) is 4.98 Å². The average molecular weight is 294 g/mol. The van der Waals surface area contributed by atoms with Gasteiger partial charge < -0.3 is 4.74 Å². The molecule has 0 aromatic carbocycles. The Labute approximate surface area is 121 Å². The van der Waals surface area contributed by atoms with Gasteiger partial charge in [0.1, 0.15) is 5.65 Å². The zero-order valence-electron chi connectivity index (χ0n) is 11.3. The molecule has 5 nitrogen and oxygen atoms in total. The number of hydrogen-bond donors (Lipinski definition) is 0. The molecule has 6 heteroatoms. The van der Waals surface area contributed by atoms with Crippen molar-refractivity contribution in [3.63, 3.8) is 0 Å². The molecule has 20 heavy (non-hydrogen) atoms. The van der Waals surface area contributed by atoms with Crippen LogP contribution in [0.4, 0.5) is 0 Å². The molecule has 0 spiro atoms. The summed E-state index contributed by atoms with van der Waals surface area (Å²) >= 11 is 5.90. The molecule has 1 atom stereocenters. The van der Waals surface area contributed by atoms with Crippen LogP contribution in [0.25, 0.3) is 5.65 Å². The summed E-state index contributed by atoms with van der Waals surface area (Å²) < 4.78 is 6.88. The summed E-state index contributed by atoms with van der Waals surface area (Å²) in [4.78, 5) is 18.9. The Morgan fingerprint density at radius 1 is 1.50 bits per heavy atom. The Morgan fingerprint density at radius 2 is 2.35 bits per heavy atom. The molecule has 1 aliphatic rings. The van der Waals surface area contributed by atoms with Crippen LogP contribution < -0.4 is 5.56 Å². The van der Waals surface area contributed by atoms with Gasteiger partial charge in [0.2, 0.25) is 0 Å². The molecule has 0 N–H and O–H groups in total. The summed E-state index contributed by atoms with van der Waals surface area (Å²) in [6.45, 7) is 5.10. The number of hydrogen-bond acceptors (Lipinski definition) is 4. The van der Waals surface area contributed by atoms with E-state index in [4.69, 9.17) is 16.3 Å². The van der Waals surface area contributed by atoms with E-state index in [1.165, 1.54) is 4.40 Å². The highest BCUT2D eigenvalue weighted by atomic mass is 35.5. The van der Waals surface area contributed by atoms with Gasteiger partial charge in [0, 0.05) is 31.4 Å². The van der Waals surface area contributed by atoms with E-state index in [1.54, 1.807) is 24.4 Å². The maximum Gasteiger partial charge on any atom is 0.258 e. The maximum atomic E-state index is 12.1.